The van der Waals surface area contributed by atoms with Crippen LogP contribution in [0.25, 0.3) is 5.57 Å². The highest BCUT2D eigenvalue weighted by Gasteiger charge is 2.46. The molecule has 46 heavy (non-hydrogen) atoms. The Morgan fingerprint density at radius 3 is 2.67 bits per heavy atom. The lowest BCUT2D eigenvalue weighted by Crippen LogP contribution is -2.56. The number of benzene rings is 1. The van der Waals surface area contributed by atoms with E-state index in [2.05, 4.69) is 34.6 Å². The summed E-state index contributed by atoms with van der Waals surface area (Å²) in [7, 11) is 0. The topological polar surface area (TPSA) is 96.0 Å². The van der Waals surface area contributed by atoms with Crippen LogP contribution in [0.5, 0.6) is 0 Å². The molecular formula is C37H41FN6O2. The first-order valence-corrected chi connectivity index (χ1v) is 16.8. The van der Waals surface area contributed by atoms with Crippen molar-refractivity contribution in [3.63, 3.8) is 0 Å². The van der Waals surface area contributed by atoms with Gasteiger partial charge in [0.05, 0.1) is 30.1 Å². The smallest absolute Gasteiger partial charge is 0.246 e. The van der Waals surface area contributed by atoms with E-state index in [1.54, 1.807) is 11.0 Å². The van der Waals surface area contributed by atoms with E-state index in [9.17, 15) is 15.3 Å². The van der Waals surface area contributed by atoms with Gasteiger partial charge in [0.25, 0.3) is 0 Å². The summed E-state index contributed by atoms with van der Waals surface area (Å²) in [5, 5.41) is 20.3. The Bertz CT molecular complexity index is 1630. The molecule has 6 aliphatic rings. The van der Waals surface area contributed by atoms with E-state index in [-0.39, 0.29) is 29.7 Å². The number of hydrogen-bond donors (Lipinski definition) is 0. The summed E-state index contributed by atoms with van der Waals surface area (Å²) >= 11 is 0. The summed E-state index contributed by atoms with van der Waals surface area (Å²) in [4.78, 5) is 24.0. The van der Waals surface area contributed by atoms with E-state index < -0.39 is 12.0 Å². The van der Waals surface area contributed by atoms with Crippen molar-refractivity contribution in [1.82, 2.24) is 14.7 Å². The molecule has 0 saturated carbocycles. The second kappa shape index (κ2) is 12.5. The van der Waals surface area contributed by atoms with Crippen LogP contribution in [-0.2, 0) is 22.4 Å². The summed E-state index contributed by atoms with van der Waals surface area (Å²) in [5.41, 5.74) is 4.94. The summed E-state index contributed by atoms with van der Waals surface area (Å²) in [6.07, 6.45) is 13.6. The van der Waals surface area contributed by atoms with Crippen molar-refractivity contribution in [3.05, 3.63) is 76.8 Å². The monoisotopic (exact) mass is 620 g/mol. The number of amides is 1. The van der Waals surface area contributed by atoms with Gasteiger partial charge in [0.1, 0.15) is 24.1 Å². The number of halogens is 1. The lowest BCUT2D eigenvalue weighted by Gasteiger charge is -2.45. The van der Waals surface area contributed by atoms with Gasteiger partial charge in [0.15, 0.2) is 0 Å². The minimum atomic E-state index is -0.512. The van der Waals surface area contributed by atoms with Crippen molar-refractivity contribution in [2.45, 2.75) is 75.4 Å². The molecule has 8 nitrogen and oxygen atoms in total. The van der Waals surface area contributed by atoms with Gasteiger partial charge < -0.3 is 14.5 Å². The van der Waals surface area contributed by atoms with E-state index in [0.29, 0.717) is 49.0 Å². The van der Waals surface area contributed by atoms with Crippen molar-refractivity contribution in [1.29, 1.82) is 10.5 Å². The van der Waals surface area contributed by atoms with Crippen molar-refractivity contribution in [2.24, 2.45) is 10.9 Å². The van der Waals surface area contributed by atoms with Gasteiger partial charge in [-0.3, -0.25) is 9.69 Å². The van der Waals surface area contributed by atoms with Gasteiger partial charge in [-0.15, -0.1) is 0 Å². The number of dihydropyridines is 1. The number of hydrogen-bond acceptors (Lipinski definition) is 7. The highest BCUT2D eigenvalue weighted by Crippen LogP contribution is 2.44. The highest BCUT2D eigenvalue weighted by molar-refractivity contribution is 6.00. The zero-order valence-electron chi connectivity index (χ0n) is 26.4. The van der Waals surface area contributed by atoms with Crippen LogP contribution in [0.3, 0.4) is 0 Å². The standard InChI is InChI=1S/C37H41FN6O2/c1-2-34(45)44-19-18-42(23-26(44)12-15-39)35-30-20-32(38)29(28-11-5-9-25-8-3-4-10-27(25)28)21-33(30)41-36(31(35)22-40)46-24-37-13-6-16-43(37)17-7-14-37/h2,5,9,11,20-21,26,30,33H,1,3-4,6-8,10,12-14,16-19,23-24H2/t26-,30?,33?/m0/s1. The molecule has 1 amide bonds. The van der Waals surface area contributed by atoms with E-state index in [1.165, 1.54) is 17.2 Å². The number of aryl methyl sites for hydroxylation is 1. The number of fused-ring (bicyclic) bond motifs is 3. The Morgan fingerprint density at radius 1 is 1.11 bits per heavy atom. The molecule has 0 aromatic heterocycles. The van der Waals surface area contributed by atoms with Crippen molar-refractivity contribution in [2.75, 3.05) is 39.3 Å². The van der Waals surface area contributed by atoms with E-state index >= 15 is 4.39 Å². The number of carbonyl (C=O) groups excluding carboxylic acids is 1. The van der Waals surface area contributed by atoms with Gasteiger partial charge in [-0.1, -0.05) is 24.8 Å². The Hall–Kier alpha value is -4.21. The molecule has 238 valence electrons. The maximum absolute atomic E-state index is 16.3. The summed E-state index contributed by atoms with van der Waals surface area (Å²) < 4.78 is 22.9. The van der Waals surface area contributed by atoms with Crippen LogP contribution in [-0.4, -0.2) is 83.5 Å². The fraction of sp³-hybridized carbons (Fsp3) is 0.514. The first kappa shape index (κ1) is 30.4. The van der Waals surface area contributed by atoms with Crippen molar-refractivity contribution < 1.29 is 13.9 Å². The van der Waals surface area contributed by atoms with Gasteiger partial charge in [-0.25, -0.2) is 9.38 Å². The minimum absolute atomic E-state index is 0.0304. The second-order valence-electron chi connectivity index (χ2n) is 13.5. The fourth-order valence-electron chi connectivity index (χ4n) is 8.80. The molecule has 0 radical (unpaired) electrons. The van der Waals surface area contributed by atoms with Crippen LogP contribution in [0.15, 0.2) is 65.1 Å². The van der Waals surface area contributed by atoms with Gasteiger partial charge in [-0.2, -0.15) is 10.5 Å². The van der Waals surface area contributed by atoms with Gasteiger partial charge in [-0.05, 0) is 99.4 Å². The normalized spacial score (nSPS) is 26.9. The van der Waals surface area contributed by atoms with E-state index in [4.69, 9.17) is 9.73 Å². The first-order chi connectivity index (χ1) is 22.5. The van der Waals surface area contributed by atoms with Crippen LogP contribution in [0.2, 0.25) is 0 Å². The summed E-state index contributed by atoms with van der Waals surface area (Å²) in [6, 6.07) is 9.95. The number of piperazine rings is 1. The lowest BCUT2D eigenvalue weighted by atomic mass is 9.79. The molecule has 4 aliphatic heterocycles. The Kier molecular flexibility index (Phi) is 8.29. The first-order valence-electron chi connectivity index (χ1n) is 16.8. The third-order valence-electron chi connectivity index (χ3n) is 11.0. The van der Waals surface area contributed by atoms with Crippen LogP contribution in [0.1, 0.15) is 61.6 Å². The molecule has 0 spiro atoms. The third kappa shape index (κ3) is 5.25. The number of rotatable bonds is 6. The molecule has 2 unspecified atom stereocenters. The molecule has 9 heteroatoms. The fourth-order valence-corrected chi connectivity index (χ4v) is 8.80. The SMILES string of the molecule is C=CC(=O)N1CCN(C2=C(C#N)C(OCC34CCCN3CCC4)=NC3C=C(c4cccc5c4CCCC5)C(F)=CC23)C[C@@H]1CC#N. The second-order valence-corrected chi connectivity index (χ2v) is 13.5. The molecule has 2 aliphatic carbocycles. The van der Waals surface area contributed by atoms with E-state index in [1.807, 2.05) is 18.2 Å². The molecule has 1 aromatic carbocycles. The largest absolute Gasteiger partial charge is 0.475 e. The average Bonchev–Trinajstić information content (AvgIpc) is 3.67. The predicted octanol–water partition coefficient (Wildman–Crippen LogP) is 5.25. The maximum Gasteiger partial charge on any atom is 0.246 e. The number of ether oxygens (including phenoxy) is 1. The number of nitrogens with zero attached hydrogens (tertiary/aromatic N) is 6. The van der Waals surface area contributed by atoms with E-state index in [0.717, 1.165) is 70.0 Å². The molecule has 0 bridgehead atoms. The summed E-state index contributed by atoms with van der Waals surface area (Å²) in [6.45, 7) is 7.39. The number of nitriles is 2. The number of allylic oxidation sites excluding steroid dienone is 2. The van der Waals surface area contributed by atoms with Crippen LogP contribution in [0.4, 0.5) is 4.39 Å². The van der Waals surface area contributed by atoms with Crippen LogP contribution in [0, 0.1) is 28.6 Å². The third-order valence-corrected chi connectivity index (χ3v) is 11.0. The van der Waals surface area contributed by atoms with Crippen LogP contribution >= 0.6 is 0 Å². The minimum Gasteiger partial charge on any atom is -0.475 e. The average molecular weight is 621 g/mol. The Labute approximate surface area is 270 Å². The number of carbonyl (C=O) groups is 1. The molecule has 3 fully saturated rings. The van der Waals surface area contributed by atoms with Gasteiger partial charge in [0.2, 0.25) is 11.8 Å². The van der Waals surface area contributed by atoms with Crippen molar-refractivity contribution in [3.8, 4) is 12.1 Å². The molecule has 0 N–H and O–H groups in total. The maximum atomic E-state index is 16.3. The predicted molar refractivity (Wildman–Crippen MR) is 174 cm³/mol. The molecule has 4 heterocycles. The lowest BCUT2D eigenvalue weighted by molar-refractivity contribution is -0.130. The van der Waals surface area contributed by atoms with Crippen LogP contribution < -0.4 is 0 Å². The quantitative estimate of drug-likeness (QED) is 0.404. The Balaban J connectivity index is 1.28. The molecular weight excluding hydrogens is 579 g/mol. The van der Waals surface area contributed by atoms with Gasteiger partial charge in [0, 0.05) is 36.8 Å². The molecule has 3 atom stereocenters. The van der Waals surface area contributed by atoms with Gasteiger partial charge >= 0.3 is 0 Å². The molecule has 3 saturated heterocycles. The summed E-state index contributed by atoms with van der Waals surface area (Å²) in [5.74, 6) is -0.729. The Morgan fingerprint density at radius 2 is 1.91 bits per heavy atom. The zero-order chi connectivity index (χ0) is 31.8. The number of aliphatic imine (C=N–C) groups is 1. The molecule has 1 aromatic rings. The van der Waals surface area contributed by atoms with Crippen molar-refractivity contribution >= 4 is 17.4 Å². The zero-order valence-corrected chi connectivity index (χ0v) is 26.4. The highest BCUT2D eigenvalue weighted by atomic mass is 19.1. The molecule has 7 rings (SSSR count).